The third-order valence-electron chi connectivity index (χ3n) is 5.79. The first-order valence-electron chi connectivity index (χ1n) is 11.3. The van der Waals surface area contributed by atoms with Crippen molar-refractivity contribution in [3.8, 4) is 0 Å². The zero-order valence-corrected chi connectivity index (χ0v) is 18.7. The van der Waals surface area contributed by atoms with E-state index in [2.05, 4.69) is 6.92 Å². The first-order valence-corrected chi connectivity index (χ1v) is 12.3. The number of unbranched alkanes of at least 4 members (excludes halogenated alkanes) is 3. The van der Waals surface area contributed by atoms with Crippen LogP contribution in [0.15, 0.2) is 12.2 Å². The van der Waals surface area contributed by atoms with Crippen LogP contribution in [-0.2, 0) is 9.59 Å². The van der Waals surface area contributed by atoms with Gasteiger partial charge in [-0.2, -0.15) is 11.8 Å². The summed E-state index contributed by atoms with van der Waals surface area (Å²) < 4.78 is 0. The Morgan fingerprint density at radius 3 is 2.62 bits per heavy atom. The summed E-state index contributed by atoms with van der Waals surface area (Å²) >= 11 is 1.71. The van der Waals surface area contributed by atoms with Crippen LogP contribution in [0.5, 0.6) is 0 Å². The molecule has 3 N–H and O–H groups in total. The molecule has 0 aromatic rings. The topological polar surface area (TPSA) is 94.8 Å². The van der Waals surface area contributed by atoms with Crippen molar-refractivity contribution >= 4 is 23.5 Å². The minimum absolute atomic E-state index is 0.0471. The van der Waals surface area contributed by atoms with Crippen molar-refractivity contribution in [3.05, 3.63) is 12.2 Å². The molecule has 1 fully saturated rings. The number of thioether (sulfide) groups is 1. The lowest BCUT2D eigenvalue weighted by Crippen LogP contribution is -2.20. The Morgan fingerprint density at radius 1 is 1.17 bits per heavy atom. The third kappa shape index (κ3) is 11.2. The largest absolute Gasteiger partial charge is 0.481 e. The van der Waals surface area contributed by atoms with E-state index in [0.29, 0.717) is 23.9 Å². The molecular weight excluding hydrogens is 388 g/mol. The van der Waals surface area contributed by atoms with Gasteiger partial charge in [-0.25, -0.2) is 0 Å². The molecule has 5 nitrogen and oxygen atoms in total. The highest BCUT2D eigenvalue weighted by Crippen LogP contribution is 2.42. The molecule has 1 saturated carbocycles. The summed E-state index contributed by atoms with van der Waals surface area (Å²) in [6.45, 7) is 2.30. The molecule has 1 aliphatic carbocycles. The van der Waals surface area contributed by atoms with Crippen molar-refractivity contribution < 1.29 is 24.9 Å². The average molecular weight is 429 g/mol. The second kappa shape index (κ2) is 15.9. The van der Waals surface area contributed by atoms with Gasteiger partial charge >= 0.3 is 5.97 Å². The van der Waals surface area contributed by atoms with Crippen molar-refractivity contribution in [2.24, 2.45) is 11.8 Å². The van der Waals surface area contributed by atoms with E-state index in [1.165, 1.54) is 0 Å². The van der Waals surface area contributed by atoms with Crippen LogP contribution in [0.3, 0.4) is 0 Å². The molecule has 168 valence electrons. The monoisotopic (exact) mass is 428 g/mol. The Hall–Kier alpha value is -0.850. The lowest BCUT2D eigenvalue weighted by atomic mass is 9.86. The molecule has 0 aromatic carbocycles. The second-order valence-electron chi connectivity index (χ2n) is 8.15. The fraction of sp³-hybridized carbons (Fsp3) is 0.826. The van der Waals surface area contributed by atoms with E-state index in [1.807, 2.05) is 6.08 Å². The number of aliphatic hydroxyl groups is 2. The summed E-state index contributed by atoms with van der Waals surface area (Å²) in [7, 11) is 0. The van der Waals surface area contributed by atoms with Gasteiger partial charge in [-0.1, -0.05) is 44.8 Å². The van der Waals surface area contributed by atoms with E-state index in [1.54, 1.807) is 17.8 Å². The summed E-state index contributed by atoms with van der Waals surface area (Å²) in [5.74, 6) is 0.566. The number of Topliss-reactive ketones (excluding diaryl/α,β-unsaturated/α-hetero) is 1. The van der Waals surface area contributed by atoms with Gasteiger partial charge in [-0.3, -0.25) is 9.59 Å². The zero-order chi connectivity index (χ0) is 21.5. The van der Waals surface area contributed by atoms with Crippen LogP contribution >= 0.6 is 11.8 Å². The highest BCUT2D eigenvalue weighted by atomic mass is 32.2. The van der Waals surface area contributed by atoms with Crippen LogP contribution in [0.25, 0.3) is 0 Å². The number of carbonyl (C=O) groups is 2. The molecule has 1 unspecified atom stereocenters. The van der Waals surface area contributed by atoms with Gasteiger partial charge in [0.1, 0.15) is 5.78 Å². The van der Waals surface area contributed by atoms with E-state index >= 15 is 0 Å². The number of carboxylic acids is 1. The number of carboxylic acid groups (broad SMARTS) is 1. The minimum Gasteiger partial charge on any atom is -0.481 e. The molecule has 0 aromatic heterocycles. The smallest absolute Gasteiger partial charge is 0.307 e. The van der Waals surface area contributed by atoms with Gasteiger partial charge in [0.25, 0.3) is 0 Å². The predicted molar refractivity (Wildman–Crippen MR) is 119 cm³/mol. The Balaban J connectivity index is 2.49. The maximum Gasteiger partial charge on any atom is 0.307 e. The number of ketones is 1. The highest BCUT2D eigenvalue weighted by molar-refractivity contribution is 8.00. The lowest BCUT2D eigenvalue weighted by molar-refractivity contribution is -0.136. The average Bonchev–Trinajstić information content (AvgIpc) is 2.97. The number of hydrogen-bond donors (Lipinski definition) is 3. The molecule has 6 heteroatoms. The normalized spacial score (nSPS) is 23.1. The molecule has 0 radical (unpaired) electrons. The summed E-state index contributed by atoms with van der Waals surface area (Å²) in [4.78, 5) is 23.2. The van der Waals surface area contributed by atoms with Gasteiger partial charge in [0, 0.05) is 23.3 Å². The van der Waals surface area contributed by atoms with Gasteiger partial charge in [-0.15, -0.1) is 0 Å². The van der Waals surface area contributed by atoms with E-state index in [4.69, 9.17) is 5.11 Å². The predicted octanol–water partition coefficient (Wildman–Crippen LogP) is 4.60. The van der Waals surface area contributed by atoms with Crippen LogP contribution in [0.2, 0.25) is 0 Å². The molecule has 0 aliphatic heterocycles. The summed E-state index contributed by atoms with van der Waals surface area (Å²) in [6.07, 6.45) is 13.5. The number of aliphatic hydroxyl groups excluding tert-OH is 2. The number of carbonyl (C=O) groups excluding carboxylic acids is 1. The Morgan fingerprint density at radius 2 is 1.93 bits per heavy atom. The molecule has 0 heterocycles. The molecular formula is C23H40O5S. The third-order valence-corrected chi connectivity index (χ3v) is 7.16. The quantitative estimate of drug-likeness (QED) is 0.231. The molecule has 0 spiro atoms. The van der Waals surface area contributed by atoms with E-state index in [0.717, 1.165) is 64.2 Å². The van der Waals surface area contributed by atoms with Gasteiger partial charge in [-0.05, 0) is 44.4 Å². The molecule has 1 rings (SSSR count). The van der Waals surface area contributed by atoms with E-state index in [9.17, 15) is 19.8 Å². The van der Waals surface area contributed by atoms with E-state index < -0.39 is 5.97 Å². The van der Waals surface area contributed by atoms with E-state index in [-0.39, 0.29) is 30.3 Å². The molecule has 0 amide bonds. The fourth-order valence-corrected chi connectivity index (χ4v) is 5.53. The number of aliphatic carboxylic acids is 1. The first-order chi connectivity index (χ1) is 14.0. The van der Waals surface area contributed by atoms with Gasteiger partial charge < -0.3 is 15.3 Å². The molecule has 29 heavy (non-hydrogen) atoms. The first kappa shape index (κ1) is 26.2. The van der Waals surface area contributed by atoms with Crippen LogP contribution < -0.4 is 0 Å². The summed E-state index contributed by atoms with van der Waals surface area (Å²) in [5.41, 5.74) is 0. The van der Waals surface area contributed by atoms with Gasteiger partial charge in [0.15, 0.2) is 0 Å². The molecule has 4 atom stereocenters. The number of allylic oxidation sites excluding steroid dienone is 1. The fourth-order valence-electron chi connectivity index (χ4n) is 4.27. The van der Waals surface area contributed by atoms with Crippen molar-refractivity contribution in [3.63, 3.8) is 0 Å². The second-order valence-corrected chi connectivity index (χ2v) is 9.50. The number of rotatable bonds is 17. The Labute approximate surface area is 180 Å². The summed E-state index contributed by atoms with van der Waals surface area (Å²) in [5, 5.41) is 28.3. The van der Waals surface area contributed by atoms with Crippen LogP contribution in [0, 0.1) is 11.8 Å². The standard InChI is InChI=1S/C23H40O5S/c1-2-3-6-10-18(25)11-9-13-20-19(12-7-4-5-8-14-23(27)28)21(26)17-22(20)29-16-15-24/h5,8,18-20,22,24-25H,2-4,6-7,9-17H2,1H3,(H,27,28)/t18?,19-,20-,22-/m1/s1. The van der Waals surface area contributed by atoms with Crippen molar-refractivity contribution in [2.75, 3.05) is 12.4 Å². The van der Waals surface area contributed by atoms with Gasteiger partial charge in [0.2, 0.25) is 0 Å². The maximum absolute atomic E-state index is 12.6. The van der Waals surface area contributed by atoms with Crippen LogP contribution in [0.4, 0.5) is 0 Å². The van der Waals surface area contributed by atoms with Crippen LogP contribution in [-0.4, -0.2) is 50.8 Å². The molecule has 1 aliphatic rings. The Kier molecular flexibility index (Phi) is 14.4. The van der Waals surface area contributed by atoms with Crippen molar-refractivity contribution in [1.82, 2.24) is 0 Å². The van der Waals surface area contributed by atoms with Gasteiger partial charge in [0.05, 0.1) is 19.1 Å². The van der Waals surface area contributed by atoms with Crippen molar-refractivity contribution in [2.45, 2.75) is 95.3 Å². The minimum atomic E-state index is -0.826. The lowest BCUT2D eigenvalue weighted by Gasteiger charge is -2.24. The SMILES string of the molecule is CCCCCC(O)CCC[C@H]1[C@H](SCCO)CC(=O)[C@@H]1CCCC=CCC(=O)O. The molecule has 0 saturated heterocycles. The molecule has 0 bridgehead atoms. The van der Waals surface area contributed by atoms with Crippen LogP contribution in [0.1, 0.15) is 84.0 Å². The maximum atomic E-state index is 12.6. The number of hydrogen-bond acceptors (Lipinski definition) is 5. The van der Waals surface area contributed by atoms with Crippen molar-refractivity contribution in [1.29, 1.82) is 0 Å². The summed E-state index contributed by atoms with van der Waals surface area (Å²) in [6, 6.07) is 0. The highest BCUT2D eigenvalue weighted by Gasteiger charge is 2.41. The Bertz CT molecular complexity index is 494. The zero-order valence-electron chi connectivity index (χ0n) is 17.9.